The van der Waals surface area contributed by atoms with Gasteiger partial charge in [-0.15, -0.1) is 0 Å². The highest BCUT2D eigenvalue weighted by atomic mass is 15.1. The largest absolute Gasteiger partial charge is 0.369 e. The third kappa shape index (κ3) is 3.82. The van der Waals surface area contributed by atoms with Gasteiger partial charge in [-0.25, -0.2) is 4.98 Å². The van der Waals surface area contributed by atoms with Crippen molar-refractivity contribution in [3.63, 3.8) is 0 Å². The first-order valence-corrected chi connectivity index (χ1v) is 7.44. The molecule has 0 aromatic carbocycles. The van der Waals surface area contributed by atoms with E-state index in [2.05, 4.69) is 41.4 Å². The molecule has 0 bridgehead atoms. The average Bonchev–Trinajstić information content (AvgIpc) is 2.41. The topological polar surface area (TPSA) is 49.8 Å². The number of aromatic nitrogens is 2. The third-order valence-corrected chi connectivity index (χ3v) is 4.05. The molecule has 4 heteroatoms. The zero-order valence-corrected chi connectivity index (χ0v) is 12.4. The van der Waals surface area contributed by atoms with Crippen LogP contribution in [0.5, 0.6) is 0 Å². The smallest absolute Gasteiger partial charge is 0.224 e. The summed E-state index contributed by atoms with van der Waals surface area (Å²) in [6.45, 7) is 8.36. The zero-order chi connectivity index (χ0) is 13.7. The molecule has 19 heavy (non-hydrogen) atoms. The van der Waals surface area contributed by atoms with E-state index in [9.17, 15) is 0 Å². The van der Waals surface area contributed by atoms with Gasteiger partial charge in [0.15, 0.2) is 0 Å². The van der Waals surface area contributed by atoms with E-state index < -0.39 is 0 Å². The number of anilines is 2. The Bertz CT molecular complexity index is 411. The molecule has 1 aromatic rings. The maximum Gasteiger partial charge on any atom is 0.224 e. The number of rotatable bonds is 5. The molecule has 1 aliphatic carbocycles. The highest BCUT2D eigenvalue weighted by molar-refractivity contribution is 5.46. The molecule has 1 heterocycles. The van der Waals surface area contributed by atoms with Gasteiger partial charge in [0.2, 0.25) is 5.95 Å². The lowest BCUT2D eigenvalue weighted by Gasteiger charge is -2.34. The Labute approximate surface area is 116 Å². The number of nitrogens with one attached hydrogen (secondary N) is 2. The van der Waals surface area contributed by atoms with Crippen molar-refractivity contribution >= 4 is 11.8 Å². The standard InChI is InChI=1S/C15H26N4/c1-4-16-14-17-10-12(2)13(19-14)18-11-15(3)8-6-5-7-9-15/h10H,4-9,11H2,1-3H3,(H2,16,17,18,19). The molecular formula is C15H26N4. The van der Waals surface area contributed by atoms with E-state index >= 15 is 0 Å². The van der Waals surface area contributed by atoms with E-state index in [0.717, 1.165) is 24.5 Å². The predicted molar refractivity (Wildman–Crippen MR) is 80.6 cm³/mol. The van der Waals surface area contributed by atoms with Crippen LogP contribution >= 0.6 is 0 Å². The van der Waals surface area contributed by atoms with Gasteiger partial charge in [-0.05, 0) is 32.1 Å². The molecule has 0 unspecified atom stereocenters. The number of hydrogen-bond donors (Lipinski definition) is 2. The lowest BCUT2D eigenvalue weighted by atomic mass is 9.76. The summed E-state index contributed by atoms with van der Waals surface area (Å²) in [7, 11) is 0. The summed E-state index contributed by atoms with van der Waals surface area (Å²) in [6, 6.07) is 0. The first-order chi connectivity index (χ1) is 9.13. The SMILES string of the molecule is CCNc1ncc(C)c(NCC2(C)CCCCC2)n1. The molecule has 1 saturated carbocycles. The summed E-state index contributed by atoms with van der Waals surface area (Å²) in [5.74, 6) is 1.68. The summed E-state index contributed by atoms with van der Waals surface area (Å²) in [4.78, 5) is 8.82. The molecule has 0 saturated heterocycles. The first-order valence-electron chi connectivity index (χ1n) is 7.44. The minimum Gasteiger partial charge on any atom is -0.369 e. The Morgan fingerprint density at radius 3 is 2.63 bits per heavy atom. The second kappa shape index (κ2) is 6.22. The molecular weight excluding hydrogens is 236 g/mol. The van der Waals surface area contributed by atoms with Gasteiger partial charge < -0.3 is 10.6 Å². The number of nitrogens with zero attached hydrogens (tertiary/aromatic N) is 2. The van der Waals surface area contributed by atoms with Crippen LogP contribution in [0.4, 0.5) is 11.8 Å². The zero-order valence-electron chi connectivity index (χ0n) is 12.4. The lowest BCUT2D eigenvalue weighted by Crippen LogP contribution is -2.29. The maximum atomic E-state index is 4.54. The molecule has 0 atom stereocenters. The molecule has 2 N–H and O–H groups in total. The van der Waals surface area contributed by atoms with Crippen LogP contribution in [-0.2, 0) is 0 Å². The molecule has 0 amide bonds. The first kappa shape index (κ1) is 14.1. The summed E-state index contributed by atoms with van der Waals surface area (Å²) < 4.78 is 0. The van der Waals surface area contributed by atoms with Crippen LogP contribution in [0.1, 0.15) is 51.5 Å². The van der Waals surface area contributed by atoms with E-state index in [-0.39, 0.29) is 0 Å². The third-order valence-electron chi connectivity index (χ3n) is 4.05. The fourth-order valence-corrected chi connectivity index (χ4v) is 2.74. The van der Waals surface area contributed by atoms with Crippen LogP contribution in [0, 0.1) is 12.3 Å². The predicted octanol–water partition coefficient (Wildman–Crippen LogP) is 3.60. The molecule has 0 radical (unpaired) electrons. The molecule has 0 spiro atoms. The molecule has 1 fully saturated rings. The highest BCUT2D eigenvalue weighted by Gasteiger charge is 2.26. The van der Waals surface area contributed by atoms with Gasteiger partial charge in [0.25, 0.3) is 0 Å². The second-order valence-corrected chi connectivity index (χ2v) is 5.98. The monoisotopic (exact) mass is 262 g/mol. The van der Waals surface area contributed by atoms with Crippen molar-refractivity contribution in [1.82, 2.24) is 9.97 Å². The van der Waals surface area contributed by atoms with E-state index in [0.29, 0.717) is 11.4 Å². The van der Waals surface area contributed by atoms with Gasteiger partial charge in [0.1, 0.15) is 5.82 Å². The molecule has 0 aliphatic heterocycles. The van der Waals surface area contributed by atoms with Crippen molar-refractivity contribution in [3.8, 4) is 0 Å². The summed E-state index contributed by atoms with van der Waals surface area (Å²) in [6.07, 6.45) is 8.66. The van der Waals surface area contributed by atoms with Crippen LogP contribution in [-0.4, -0.2) is 23.1 Å². The van der Waals surface area contributed by atoms with Gasteiger partial charge >= 0.3 is 0 Å². The van der Waals surface area contributed by atoms with E-state index in [1.165, 1.54) is 32.1 Å². The van der Waals surface area contributed by atoms with Crippen LogP contribution < -0.4 is 10.6 Å². The Morgan fingerprint density at radius 1 is 1.21 bits per heavy atom. The summed E-state index contributed by atoms with van der Waals surface area (Å²) in [5, 5.41) is 6.69. The van der Waals surface area contributed by atoms with Gasteiger partial charge in [-0.2, -0.15) is 4.98 Å². The van der Waals surface area contributed by atoms with Crippen LogP contribution in [0.25, 0.3) is 0 Å². The van der Waals surface area contributed by atoms with Gasteiger partial charge in [-0.3, -0.25) is 0 Å². The fourth-order valence-electron chi connectivity index (χ4n) is 2.74. The Hall–Kier alpha value is -1.32. The molecule has 4 nitrogen and oxygen atoms in total. The normalized spacial score (nSPS) is 18.1. The van der Waals surface area contributed by atoms with Crippen molar-refractivity contribution < 1.29 is 0 Å². The summed E-state index contributed by atoms with van der Waals surface area (Å²) in [5.41, 5.74) is 1.54. The van der Waals surface area contributed by atoms with E-state index in [1.54, 1.807) is 0 Å². The van der Waals surface area contributed by atoms with Gasteiger partial charge in [0, 0.05) is 24.8 Å². The van der Waals surface area contributed by atoms with Crippen molar-refractivity contribution in [2.75, 3.05) is 23.7 Å². The van der Waals surface area contributed by atoms with E-state index in [1.807, 2.05) is 6.20 Å². The van der Waals surface area contributed by atoms with Crippen molar-refractivity contribution in [1.29, 1.82) is 0 Å². The minimum absolute atomic E-state index is 0.425. The fraction of sp³-hybridized carbons (Fsp3) is 0.733. The quantitative estimate of drug-likeness (QED) is 0.851. The molecule has 1 aromatic heterocycles. The Balaban J connectivity index is 1.99. The minimum atomic E-state index is 0.425. The second-order valence-electron chi connectivity index (χ2n) is 5.98. The number of aryl methyl sites for hydroxylation is 1. The van der Waals surface area contributed by atoms with Gasteiger partial charge in [0.05, 0.1) is 0 Å². The van der Waals surface area contributed by atoms with Crippen molar-refractivity contribution in [2.45, 2.75) is 52.9 Å². The van der Waals surface area contributed by atoms with E-state index in [4.69, 9.17) is 0 Å². The molecule has 2 rings (SSSR count). The van der Waals surface area contributed by atoms with Crippen molar-refractivity contribution in [2.24, 2.45) is 5.41 Å². The van der Waals surface area contributed by atoms with Crippen LogP contribution in [0.3, 0.4) is 0 Å². The lowest BCUT2D eigenvalue weighted by molar-refractivity contribution is 0.233. The van der Waals surface area contributed by atoms with Crippen LogP contribution in [0.15, 0.2) is 6.20 Å². The Kier molecular flexibility index (Phi) is 4.61. The van der Waals surface area contributed by atoms with Crippen LogP contribution in [0.2, 0.25) is 0 Å². The number of hydrogen-bond acceptors (Lipinski definition) is 4. The molecule has 1 aliphatic rings. The van der Waals surface area contributed by atoms with Crippen molar-refractivity contribution in [3.05, 3.63) is 11.8 Å². The average molecular weight is 262 g/mol. The Morgan fingerprint density at radius 2 is 1.95 bits per heavy atom. The summed E-state index contributed by atoms with van der Waals surface area (Å²) >= 11 is 0. The highest BCUT2D eigenvalue weighted by Crippen LogP contribution is 2.35. The molecule has 106 valence electrons. The van der Waals surface area contributed by atoms with Gasteiger partial charge in [-0.1, -0.05) is 26.2 Å². The maximum absolute atomic E-state index is 4.54.